The summed E-state index contributed by atoms with van der Waals surface area (Å²) in [5.74, 6) is 1.85. The highest BCUT2D eigenvalue weighted by Gasteiger charge is 2.18. The first-order valence-electron chi connectivity index (χ1n) is 14.6. The van der Waals surface area contributed by atoms with E-state index >= 15 is 0 Å². The highest BCUT2D eigenvalue weighted by atomic mass is 16.3. The van der Waals surface area contributed by atoms with Crippen LogP contribution < -0.4 is 0 Å². The minimum atomic E-state index is 0.581. The van der Waals surface area contributed by atoms with Crippen molar-refractivity contribution >= 4 is 43.7 Å². The molecule has 6 aromatic carbocycles. The van der Waals surface area contributed by atoms with Gasteiger partial charge in [-0.1, -0.05) is 115 Å². The fourth-order valence-electron chi connectivity index (χ4n) is 6.17. The normalized spacial score (nSPS) is 11.6. The lowest BCUT2D eigenvalue weighted by Gasteiger charge is -2.11. The van der Waals surface area contributed by atoms with E-state index in [0.29, 0.717) is 17.6 Å². The Morgan fingerprint density at radius 3 is 1.70 bits per heavy atom. The number of benzene rings is 6. The first-order valence-corrected chi connectivity index (χ1v) is 14.6. The van der Waals surface area contributed by atoms with Crippen molar-refractivity contribution in [2.45, 2.75) is 0 Å². The van der Waals surface area contributed by atoms with E-state index in [1.807, 2.05) is 72.8 Å². The van der Waals surface area contributed by atoms with Gasteiger partial charge < -0.3 is 4.42 Å². The fraction of sp³-hybridized carbons (Fsp3) is 0. The molecule has 0 radical (unpaired) electrons. The number of aromatic nitrogens is 4. The van der Waals surface area contributed by atoms with E-state index in [-0.39, 0.29) is 0 Å². The van der Waals surface area contributed by atoms with Gasteiger partial charge in [-0.05, 0) is 41.5 Å². The lowest BCUT2D eigenvalue weighted by molar-refractivity contribution is 0.669. The van der Waals surface area contributed by atoms with Crippen LogP contribution in [0.2, 0.25) is 0 Å². The molecule has 0 N–H and O–H groups in total. The van der Waals surface area contributed by atoms with Crippen LogP contribution in [0, 0.1) is 0 Å². The largest absolute Gasteiger partial charge is 0.456 e. The predicted molar refractivity (Wildman–Crippen MR) is 178 cm³/mol. The van der Waals surface area contributed by atoms with Crippen LogP contribution in [0.15, 0.2) is 150 Å². The zero-order chi connectivity index (χ0) is 29.0. The summed E-state index contributed by atoms with van der Waals surface area (Å²) in [5.41, 5.74) is 7.96. The summed E-state index contributed by atoms with van der Waals surface area (Å²) < 4.78 is 8.27. The second-order valence-corrected chi connectivity index (χ2v) is 10.9. The minimum Gasteiger partial charge on any atom is -0.456 e. The van der Waals surface area contributed by atoms with Gasteiger partial charge in [0.15, 0.2) is 11.6 Å². The van der Waals surface area contributed by atoms with Gasteiger partial charge in [0.1, 0.15) is 11.2 Å². The number of furan rings is 1. The van der Waals surface area contributed by atoms with Crippen molar-refractivity contribution in [2.75, 3.05) is 0 Å². The molecule has 9 rings (SSSR count). The third kappa shape index (κ3) is 3.91. The molecule has 0 fully saturated rings. The van der Waals surface area contributed by atoms with Gasteiger partial charge >= 0.3 is 0 Å². The van der Waals surface area contributed by atoms with Gasteiger partial charge in [-0.25, -0.2) is 4.98 Å². The van der Waals surface area contributed by atoms with Crippen LogP contribution in [0.25, 0.3) is 83.6 Å². The standard InChI is InChI=1S/C39H24N4O/c1-3-11-25(12-4-1)37-40-38(26-13-5-2-6-14-26)42-39(41-37)43-33-17-9-7-15-29(33)30-21-19-28(24-34(30)43)27-20-22-36-32(23-27)31-16-8-10-18-35(31)44-36/h1-24H. The molecule has 206 valence electrons. The van der Waals surface area contributed by atoms with Crippen LogP contribution in [-0.4, -0.2) is 19.5 Å². The first-order chi connectivity index (χ1) is 21.8. The maximum Gasteiger partial charge on any atom is 0.238 e. The molecule has 0 spiro atoms. The second kappa shape index (κ2) is 9.75. The molecule has 5 heteroatoms. The van der Waals surface area contributed by atoms with Crippen LogP contribution in [-0.2, 0) is 0 Å². The summed E-state index contributed by atoms with van der Waals surface area (Å²) in [4.78, 5) is 15.1. The molecular weight excluding hydrogens is 540 g/mol. The number of para-hydroxylation sites is 2. The predicted octanol–water partition coefficient (Wildman–Crippen LogP) is 9.87. The molecular formula is C39H24N4O. The topological polar surface area (TPSA) is 56.7 Å². The van der Waals surface area contributed by atoms with E-state index in [2.05, 4.69) is 77.4 Å². The Bertz CT molecular complexity index is 2440. The molecule has 3 heterocycles. The van der Waals surface area contributed by atoms with Crippen molar-refractivity contribution in [1.29, 1.82) is 0 Å². The van der Waals surface area contributed by atoms with Gasteiger partial charge in [-0.2, -0.15) is 9.97 Å². The fourth-order valence-corrected chi connectivity index (χ4v) is 6.17. The Morgan fingerprint density at radius 2 is 0.955 bits per heavy atom. The third-order valence-electron chi connectivity index (χ3n) is 8.27. The summed E-state index contributed by atoms with van der Waals surface area (Å²) in [6.07, 6.45) is 0. The summed E-state index contributed by atoms with van der Waals surface area (Å²) >= 11 is 0. The lowest BCUT2D eigenvalue weighted by atomic mass is 10.0. The average molecular weight is 565 g/mol. The molecule has 0 atom stereocenters. The molecule has 0 aliphatic rings. The summed E-state index contributed by atoms with van der Waals surface area (Å²) in [6.45, 7) is 0. The molecule has 0 aliphatic heterocycles. The van der Waals surface area contributed by atoms with E-state index < -0.39 is 0 Å². The molecule has 0 unspecified atom stereocenters. The second-order valence-electron chi connectivity index (χ2n) is 10.9. The Labute approximate surface area is 252 Å². The summed E-state index contributed by atoms with van der Waals surface area (Å²) in [6, 6.07) is 49.9. The molecule has 0 aliphatic carbocycles. The molecule has 0 saturated carbocycles. The Morgan fingerprint density at radius 1 is 0.386 bits per heavy atom. The molecule has 9 aromatic rings. The van der Waals surface area contributed by atoms with E-state index in [1.54, 1.807) is 0 Å². The Balaban J connectivity index is 1.30. The van der Waals surface area contributed by atoms with E-state index in [1.165, 1.54) is 0 Å². The van der Waals surface area contributed by atoms with Crippen LogP contribution in [0.4, 0.5) is 0 Å². The highest BCUT2D eigenvalue weighted by Crippen LogP contribution is 2.37. The number of fused-ring (bicyclic) bond motifs is 6. The van der Waals surface area contributed by atoms with Gasteiger partial charge in [0.2, 0.25) is 5.95 Å². The number of rotatable bonds is 4. The molecule has 3 aromatic heterocycles. The Kier molecular flexibility index (Phi) is 5.43. The van der Waals surface area contributed by atoms with Gasteiger partial charge in [0.25, 0.3) is 0 Å². The van der Waals surface area contributed by atoms with E-state index in [9.17, 15) is 0 Å². The Hall–Kier alpha value is -6.07. The number of hydrogen-bond acceptors (Lipinski definition) is 4. The van der Waals surface area contributed by atoms with Gasteiger partial charge in [-0.15, -0.1) is 0 Å². The molecule has 0 amide bonds. The van der Waals surface area contributed by atoms with Crippen molar-refractivity contribution in [1.82, 2.24) is 19.5 Å². The van der Waals surface area contributed by atoms with Crippen molar-refractivity contribution in [3.63, 3.8) is 0 Å². The van der Waals surface area contributed by atoms with Gasteiger partial charge in [0, 0.05) is 32.7 Å². The van der Waals surface area contributed by atoms with Crippen molar-refractivity contribution in [3.8, 4) is 39.9 Å². The van der Waals surface area contributed by atoms with Crippen LogP contribution in [0.5, 0.6) is 0 Å². The van der Waals surface area contributed by atoms with Crippen molar-refractivity contribution in [3.05, 3.63) is 146 Å². The molecule has 44 heavy (non-hydrogen) atoms. The summed E-state index contributed by atoms with van der Waals surface area (Å²) in [7, 11) is 0. The van der Waals surface area contributed by atoms with Crippen LogP contribution in [0.3, 0.4) is 0 Å². The first kappa shape index (κ1) is 24.5. The van der Waals surface area contributed by atoms with Crippen molar-refractivity contribution < 1.29 is 4.42 Å². The molecule has 0 saturated heterocycles. The maximum absolute atomic E-state index is 6.10. The zero-order valence-corrected chi connectivity index (χ0v) is 23.6. The minimum absolute atomic E-state index is 0.581. The quantitative estimate of drug-likeness (QED) is 0.213. The summed E-state index contributed by atoms with van der Waals surface area (Å²) in [5, 5.41) is 4.51. The number of nitrogens with zero attached hydrogens (tertiary/aromatic N) is 4. The van der Waals surface area contributed by atoms with E-state index in [0.717, 1.165) is 66.0 Å². The van der Waals surface area contributed by atoms with Gasteiger partial charge in [0.05, 0.1) is 11.0 Å². The monoisotopic (exact) mass is 564 g/mol. The van der Waals surface area contributed by atoms with Gasteiger partial charge in [-0.3, -0.25) is 4.57 Å². The SMILES string of the molecule is c1ccc(-c2nc(-c3ccccc3)nc(-n3c4ccccc4c4ccc(-c5ccc6oc7ccccc7c6c5)cc43)n2)cc1. The van der Waals surface area contributed by atoms with E-state index in [4.69, 9.17) is 19.4 Å². The average Bonchev–Trinajstić information content (AvgIpc) is 3.64. The lowest BCUT2D eigenvalue weighted by Crippen LogP contribution is -2.06. The smallest absolute Gasteiger partial charge is 0.238 e. The van der Waals surface area contributed by atoms with Crippen LogP contribution >= 0.6 is 0 Å². The maximum atomic E-state index is 6.10. The molecule has 0 bridgehead atoms. The zero-order valence-electron chi connectivity index (χ0n) is 23.6. The number of hydrogen-bond donors (Lipinski definition) is 0. The third-order valence-corrected chi connectivity index (χ3v) is 8.27. The van der Waals surface area contributed by atoms with Crippen molar-refractivity contribution in [2.24, 2.45) is 0 Å². The highest BCUT2D eigenvalue weighted by molar-refractivity contribution is 6.11. The van der Waals surface area contributed by atoms with Crippen LogP contribution in [0.1, 0.15) is 0 Å². The molecule has 5 nitrogen and oxygen atoms in total.